The van der Waals surface area contributed by atoms with Gasteiger partial charge >= 0.3 is 5.69 Å². The summed E-state index contributed by atoms with van der Waals surface area (Å²) >= 11 is 0. The van der Waals surface area contributed by atoms with Crippen LogP contribution in [0.2, 0.25) is 0 Å². The van der Waals surface area contributed by atoms with Crippen LogP contribution in [0.3, 0.4) is 0 Å². The predicted molar refractivity (Wildman–Crippen MR) is 77.2 cm³/mol. The molecule has 0 saturated heterocycles. The summed E-state index contributed by atoms with van der Waals surface area (Å²) in [6.45, 7) is 3.60. The van der Waals surface area contributed by atoms with Crippen LogP contribution in [0.4, 0.5) is 17.5 Å². The minimum Gasteiger partial charge on any atom is -0.383 e. The summed E-state index contributed by atoms with van der Waals surface area (Å²) in [4.78, 5) is 20.3. The van der Waals surface area contributed by atoms with E-state index in [1.807, 2.05) is 13.0 Å². The first-order chi connectivity index (χ1) is 10.1. The lowest BCUT2D eigenvalue weighted by Crippen LogP contribution is -2.30. The zero-order chi connectivity index (χ0) is 15.7. The van der Waals surface area contributed by atoms with E-state index in [0.29, 0.717) is 32.2 Å². The van der Waals surface area contributed by atoms with E-state index < -0.39 is 4.92 Å². The van der Waals surface area contributed by atoms with Gasteiger partial charge in [0.05, 0.1) is 24.0 Å². The maximum atomic E-state index is 11.1. The van der Waals surface area contributed by atoms with Gasteiger partial charge in [0.1, 0.15) is 6.20 Å². The Morgan fingerprint density at radius 3 is 2.90 bits per heavy atom. The molecule has 0 atom stereocenters. The summed E-state index contributed by atoms with van der Waals surface area (Å²) < 4.78 is 5.00. The highest BCUT2D eigenvalue weighted by atomic mass is 16.6. The Balaban J connectivity index is 3.14. The summed E-state index contributed by atoms with van der Waals surface area (Å²) in [5, 5.41) is 22.8. The van der Waals surface area contributed by atoms with Crippen LogP contribution in [0, 0.1) is 21.4 Å². The second-order valence-corrected chi connectivity index (χ2v) is 4.08. The van der Waals surface area contributed by atoms with Crippen LogP contribution in [0.1, 0.15) is 13.3 Å². The second-order valence-electron chi connectivity index (χ2n) is 4.08. The van der Waals surface area contributed by atoms with Crippen molar-refractivity contribution in [2.24, 2.45) is 0 Å². The van der Waals surface area contributed by atoms with Crippen molar-refractivity contribution in [1.82, 2.24) is 9.97 Å². The molecular weight excluding hydrogens is 276 g/mol. The summed E-state index contributed by atoms with van der Waals surface area (Å²) in [6, 6.07) is 2.02. The summed E-state index contributed by atoms with van der Waals surface area (Å²) in [5.41, 5.74) is -0.189. The number of rotatable bonds is 9. The van der Waals surface area contributed by atoms with Crippen LogP contribution in [0.25, 0.3) is 0 Å². The molecule has 9 heteroatoms. The zero-order valence-electron chi connectivity index (χ0n) is 12.1. The molecule has 0 radical (unpaired) electrons. The van der Waals surface area contributed by atoms with Crippen LogP contribution in [-0.4, -0.2) is 48.2 Å². The Morgan fingerprint density at radius 2 is 2.33 bits per heavy atom. The molecule has 1 aromatic rings. The average molecular weight is 294 g/mol. The SMILES string of the molecule is CCNc1ncc([N+](=O)[O-])c(N(CCC#N)CCOC)n1. The van der Waals surface area contributed by atoms with Gasteiger partial charge in [-0.1, -0.05) is 0 Å². The zero-order valence-corrected chi connectivity index (χ0v) is 12.1. The minimum absolute atomic E-state index is 0.189. The standard InChI is InChI=1S/C12H18N6O3/c1-3-14-12-15-9-10(18(19)20)11(16-12)17(6-4-5-13)7-8-21-2/h9H,3-4,6-8H2,1-2H3,(H,14,15,16). The second kappa shape index (κ2) is 8.65. The van der Waals surface area contributed by atoms with Crippen molar-refractivity contribution in [2.45, 2.75) is 13.3 Å². The number of nitriles is 1. The van der Waals surface area contributed by atoms with Crippen molar-refractivity contribution in [3.63, 3.8) is 0 Å². The molecule has 0 spiro atoms. The predicted octanol–water partition coefficient (Wildman–Crippen LogP) is 1.18. The van der Waals surface area contributed by atoms with Crippen LogP contribution < -0.4 is 10.2 Å². The molecular formula is C12H18N6O3. The first-order valence-electron chi connectivity index (χ1n) is 6.50. The van der Waals surface area contributed by atoms with Crippen LogP contribution in [0.5, 0.6) is 0 Å². The van der Waals surface area contributed by atoms with Crippen molar-refractivity contribution in [1.29, 1.82) is 5.26 Å². The van der Waals surface area contributed by atoms with E-state index in [0.717, 1.165) is 0 Å². The maximum absolute atomic E-state index is 11.1. The Labute approximate surface area is 122 Å². The van der Waals surface area contributed by atoms with Gasteiger partial charge in [-0.05, 0) is 6.92 Å². The van der Waals surface area contributed by atoms with Gasteiger partial charge in [0.2, 0.25) is 11.8 Å². The molecule has 1 aromatic heterocycles. The lowest BCUT2D eigenvalue weighted by molar-refractivity contribution is -0.384. The third kappa shape index (κ3) is 4.85. The van der Waals surface area contributed by atoms with E-state index in [1.165, 1.54) is 6.20 Å². The fourth-order valence-corrected chi connectivity index (χ4v) is 1.68. The molecule has 9 nitrogen and oxygen atoms in total. The molecule has 0 aliphatic rings. The third-order valence-electron chi connectivity index (χ3n) is 2.64. The quantitative estimate of drug-likeness (QED) is 0.533. The van der Waals surface area contributed by atoms with E-state index in [-0.39, 0.29) is 17.9 Å². The Hall–Kier alpha value is -2.47. The number of hydrogen-bond donors (Lipinski definition) is 1. The first kappa shape index (κ1) is 16.6. The molecule has 0 saturated carbocycles. The molecule has 1 heterocycles. The highest BCUT2D eigenvalue weighted by molar-refractivity contribution is 5.59. The molecule has 0 aromatic carbocycles. The molecule has 1 rings (SSSR count). The van der Waals surface area contributed by atoms with E-state index in [2.05, 4.69) is 15.3 Å². The van der Waals surface area contributed by atoms with Crippen molar-refractivity contribution in [3.8, 4) is 6.07 Å². The first-order valence-corrected chi connectivity index (χ1v) is 6.50. The van der Waals surface area contributed by atoms with Gasteiger partial charge < -0.3 is 15.0 Å². The number of nitro groups is 1. The highest BCUT2D eigenvalue weighted by Gasteiger charge is 2.22. The Morgan fingerprint density at radius 1 is 1.57 bits per heavy atom. The summed E-state index contributed by atoms with van der Waals surface area (Å²) in [6.07, 6.45) is 1.41. The lowest BCUT2D eigenvalue weighted by Gasteiger charge is -2.22. The van der Waals surface area contributed by atoms with E-state index in [9.17, 15) is 10.1 Å². The fraction of sp³-hybridized carbons (Fsp3) is 0.583. The molecule has 114 valence electrons. The van der Waals surface area contributed by atoms with Crippen LogP contribution >= 0.6 is 0 Å². The van der Waals surface area contributed by atoms with Crippen molar-refractivity contribution in [3.05, 3.63) is 16.3 Å². The third-order valence-corrected chi connectivity index (χ3v) is 2.64. The minimum atomic E-state index is -0.531. The molecule has 0 unspecified atom stereocenters. The number of anilines is 2. The summed E-state index contributed by atoms with van der Waals surface area (Å²) in [7, 11) is 1.54. The average Bonchev–Trinajstić information content (AvgIpc) is 2.47. The number of methoxy groups -OCH3 is 1. The number of nitrogens with one attached hydrogen (secondary N) is 1. The fourth-order valence-electron chi connectivity index (χ4n) is 1.68. The van der Waals surface area contributed by atoms with E-state index in [4.69, 9.17) is 10.00 Å². The Bertz CT molecular complexity index is 516. The van der Waals surface area contributed by atoms with Gasteiger partial charge in [0.15, 0.2) is 0 Å². The van der Waals surface area contributed by atoms with Crippen LogP contribution in [-0.2, 0) is 4.74 Å². The molecule has 0 aliphatic heterocycles. The van der Waals surface area contributed by atoms with Gasteiger partial charge in [-0.15, -0.1) is 0 Å². The van der Waals surface area contributed by atoms with Crippen molar-refractivity contribution in [2.75, 3.05) is 43.6 Å². The van der Waals surface area contributed by atoms with Crippen LogP contribution in [0.15, 0.2) is 6.20 Å². The normalized spacial score (nSPS) is 9.95. The molecule has 0 fully saturated rings. The van der Waals surface area contributed by atoms with Crippen molar-refractivity contribution >= 4 is 17.5 Å². The molecule has 21 heavy (non-hydrogen) atoms. The van der Waals surface area contributed by atoms with Gasteiger partial charge in [-0.3, -0.25) is 10.1 Å². The number of ether oxygens (including phenoxy) is 1. The van der Waals surface area contributed by atoms with Gasteiger partial charge in [0, 0.05) is 26.7 Å². The van der Waals surface area contributed by atoms with E-state index in [1.54, 1.807) is 12.0 Å². The van der Waals surface area contributed by atoms with Gasteiger partial charge in [-0.25, -0.2) is 4.98 Å². The maximum Gasteiger partial charge on any atom is 0.329 e. The molecule has 1 N–H and O–H groups in total. The topological polar surface area (TPSA) is 117 Å². The van der Waals surface area contributed by atoms with Crippen molar-refractivity contribution < 1.29 is 9.66 Å². The van der Waals surface area contributed by atoms with Gasteiger partial charge in [0.25, 0.3) is 0 Å². The molecule has 0 aliphatic carbocycles. The monoisotopic (exact) mass is 294 g/mol. The molecule has 0 amide bonds. The smallest absolute Gasteiger partial charge is 0.329 e. The molecule has 0 bridgehead atoms. The summed E-state index contributed by atoms with van der Waals surface area (Å²) in [5.74, 6) is 0.510. The number of nitrogens with zero attached hydrogens (tertiary/aromatic N) is 5. The number of hydrogen-bond acceptors (Lipinski definition) is 8. The van der Waals surface area contributed by atoms with E-state index >= 15 is 0 Å². The largest absolute Gasteiger partial charge is 0.383 e. The highest BCUT2D eigenvalue weighted by Crippen LogP contribution is 2.26. The lowest BCUT2D eigenvalue weighted by atomic mass is 10.3. The Kier molecular flexibility index (Phi) is 6.83. The number of aromatic nitrogens is 2. The van der Waals surface area contributed by atoms with Gasteiger partial charge in [-0.2, -0.15) is 10.2 Å².